The molecular weight excluding hydrogens is 508 g/mol. The molecule has 3 aromatic carbocycles. The maximum atomic E-state index is 13.6. The van der Waals surface area contributed by atoms with Gasteiger partial charge in [0, 0.05) is 60.2 Å². The predicted molar refractivity (Wildman–Crippen MR) is 154 cm³/mol. The van der Waals surface area contributed by atoms with Gasteiger partial charge in [0.25, 0.3) is 0 Å². The molecule has 0 atom stereocenters. The molecule has 0 N–H and O–H groups in total. The number of hydrogen-bond acceptors (Lipinski definition) is 7. The zero-order valence-electron chi connectivity index (χ0n) is 23.5. The van der Waals surface area contributed by atoms with E-state index in [9.17, 15) is 9.59 Å². The van der Waals surface area contributed by atoms with Crippen LogP contribution in [0.2, 0.25) is 0 Å². The molecule has 0 fully saturated rings. The minimum Gasteiger partial charge on any atom is -0.486 e. The molecular formula is C32H32N2O6. The van der Waals surface area contributed by atoms with E-state index in [4.69, 9.17) is 19.0 Å². The highest BCUT2D eigenvalue weighted by Gasteiger charge is 2.27. The first kappa shape index (κ1) is 27.0. The maximum absolute atomic E-state index is 13.6. The Morgan fingerprint density at radius 1 is 0.950 bits per heavy atom. The van der Waals surface area contributed by atoms with E-state index >= 15 is 0 Å². The molecule has 0 bridgehead atoms. The molecule has 0 aliphatic carbocycles. The molecule has 8 heteroatoms. The smallest absolute Gasteiger partial charge is 0.331 e. The minimum atomic E-state index is -0.687. The minimum absolute atomic E-state index is 0.0657. The standard InChI is InChI=1S/C32H32N2O6/c1-7-34-29-12-8-22(20(3)33-40-21(4)35)15-27(29)28-16-23(9-13-30(28)34)31(36)26-11-10-24(14-19(26)2)37-17-25-18-38-32(5,6)39-25/h8-16,18H,7,17H2,1-6H3/b33-20+. The van der Waals surface area contributed by atoms with Crippen LogP contribution in [0.3, 0.4) is 0 Å². The molecule has 0 saturated heterocycles. The van der Waals surface area contributed by atoms with E-state index in [0.717, 1.165) is 39.5 Å². The summed E-state index contributed by atoms with van der Waals surface area (Å²) < 4.78 is 19.2. The summed E-state index contributed by atoms with van der Waals surface area (Å²) in [6.45, 7) is 11.8. The molecule has 8 nitrogen and oxygen atoms in total. The lowest BCUT2D eigenvalue weighted by Crippen LogP contribution is -2.21. The first-order valence-corrected chi connectivity index (χ1v) is 13.2. The fourth-order valence-electron chi connectivity index (χ4n) is 4.92. The highest BCUT2D eigenvalue weighted by molar-refractivity contribution is 6.16. The predicted octanol–water partition coefficient (Wildman–Crippen LogP) is 6.64. The number of nitrogens with zero attached hydrogens (tertiary/aromatic N) is 2. The van der Waals surface area contributed by atoms with Crippen molar-refractivity contribution in [2.75, 3.05) is 6.61 Å². The van der Waals surface area contributed by atoms with Crippen molar-refractivity contribution in [1.29, 1.82) is 0 Å². The van der Waals surface area contributed by atoms with Gasteiger partial charge in [-0.05, 0) is 80.4 Å². The number of aryl methyl sites for hydroxylation is 2. The van der Waals surface area contributed by atoms with Gasteiger partial charge in [0.05, 0.1) is 5.71 Å². The number of benzene rings is 3. The zero-order valence-corrected chi connectivity index (χ0v) is 23.5. The van der Waals surface area contributed by atoms with Crippen LogP contribution in [-0.2, 0) is 25.7 Å². The number of hydrogen-bond donors (Lipinski definition) is 0. The number of carbonyl (C=O) groups excluding carboxylic acids is 2. The van der Waals surface area contributed by atoms with Crippen molar-refractivity contribution in [3.8, 4) is 5.75 Å². The van der Waals surface area contributed by atoms with Crippen molar-refractivity contribution in [1.82, 2.24) is 4.57 Å². The van der Waals surface area contributed by atoms with Gasteiger partial charge < -0.3 is 23.6 Å². The van der Waals surface area contributed by atoms with E-state index in [-0.39, 0.29) is 12.4 Å². The molecule has 0 radical (unpaired) electrons. The summed E-state index contributed by atoms with van der Waals surface area (Å²) in [4.78, 5) is 29.7. The van der Waals surface area contributed by atoms with Crippen LogP contribution in [0.4, 0.5) is 0 Å². The van der Waals surface area contributed by atoms with Gasteiger partial charge >= 0.3 is 5.97 Å². The summed E-state index contributed by atoms with van der Waals surface area (Å²) in [5.74, 6) is 0.0261. The average Bonchev–Trinajstić information content (AvgIpc) is 3.45. The molecule has 0 amide bonds. The molecule has 1 aliphatic rings. The molecule has 1 aliphatic heterocycles. The third-order valence-electron chi connectivity index (χ3n) is 6.85. The largest absolute Gasteiger partial charge is 0.486 e. The fourth-order valence-corrected chi connectivity index (χ4v) is 4.92. The first-order chi connectivity index (χ1) is 19.1. The van der Waals surface area contributed by atoms with Gasteiger partial charge in [-0.2, -0.15) is 0 Å². The topological polar surface area (TPSA) is 88.3 Å². The highest BCUT2D eigenvalue weighted by Crippen LogP contribution is 2.32. The second-order valence-electron chi connectivity index (χ2n) is 10.3. The van der Waals surface area contributed by atoms with E-state index in [1.807, 2.05) is 63.2 Å². The van der Waals surface area contributed by atoms with Gasteiger partial charge in [-0.25, -0.2) is 4.79 Å². The van der Waals surface area contributed by atoms with E-state index in [2.05, 4.69) is 16.6 Å². The van der Waals surface area contributed by atoms with E-state index in [0.29, 0.717) is 28.3 Å². The zero-order chi connectivity index (χ0) is 28.6. The Morgan fingerprint density at radius 3 is 2.23 bits per heavy atom. The van der Waals surface area contributed by atoms with Crippen molar-refractivity contribution in [3.05, 3.63) is 88.9 Å². The Hall–Kier alpha value is -4.59. The lowest BCUT2D eigenvalue weighted by molar-refractivity contribution is -0.140. The van der Waals surface area contributed by atoms with Crippen molar-refractivity contribution in [3.63, 3.8) is 0 Å². The monoisotopic (exact) mass is 540 g/mol. The summed E-state index contributed by atoms with van der Waals surface area (Å²) in [6, 6.07) is 17.3. The summed E-state index contributed by atoms with van der Waals surface area (Å²) >= 11 is 0. The fraction of sp³-hybridized carbons (Fsp3) is 0.281. The van der Waals surface area contributed by atoms with Crippen LogP contribution in [0, 0.1) is 6.92 Å². The van der Waals surface area contributed by atoms with Crippen LogP contribution in [0.15, 0.2) is 71.8 Å². The van der Waals surface area contributed by atoms with E-state index < -0.39 is 11.8 Å². The molecule has 0 spiro atoms. The summed E-state index contributed by atoms with van der Waals surface area (Å²) in [5.41, 5.74) is 5.54. The second kappa shape index (κ2) is 10.5. The number of fused-ring (bicyclic) bond motifs is 3. The normalized spacial score (nSPS) is 14.6. The van der Waals surface area contributed by atoms with E-state index in [1.54, 1.807) is 25.3 Å². The van der Waals surface area contributed by atoms with E-state index in [1.165, 1.54) is 6.92 Å². The first-order valence-electron chi connectivity index (χ1n) is 13.2. The molecule has 1 aromatic heterocycles. The van der Waals surface area contributed by atoms with Crippen molar-refractivity contribution >= 4 is 39.3 Å². The third kappa shape index (κ3) is 5.30. The number of aromatic nitrogens is 1. The highest BCUT2D eigenvalue weighted by atomic mass is 16.7. The lowest BCUT2D eigenvalue weighted by Gasteiger charge is -2.18. The van der Waals surface area contributed by atoms with Gasteiger partial charge in [0.1, 0.15) is 18.6 Å². The molecule has 206 valence electrons. The average molecular weight is 541 g/mol. The van der Waals surface area contributed by atoms with Gasteiger partial charge in [-0.15, -0.1) is 0 Å². The second-order valence-corrected chi connectivity index (χ2v) is 10.3. The Balaban J connectivity index is 1.44. The van der Waals surface area contributed by atoms with Gasteiger partial charge in [-0.3, -0.25) is 4.79 Å². The van der Waals surface area contributed by atoms with Crippen LogP contribution >= 0.6 is 0 Å². The molecule has 0 unspecified atom stereocenters. The number of carbonyl (C=O) groups is 2. The Morgan fingerprint density at radius 2 is 1.62 bits per heavy atom. The van der Waals surface area contributed by atoms with Crippen LogP contribution in [0.1, 0.15) is 61.7 Å². The van der Waals surface area contributed by atoms with Gasteiger partial charge in [-0.1, -0.05) is 11.2 Å². The Labute approximate surface area is 232 Å². The SMILES string of the molecule is CCn1c2ccc(C(=O)c3ccc(OCC4=COC(C)(C)O4)cc3C)cc2c2cc(/C(C)=N/OC(C)=O)ccc21. The molecule has 4 aromatic rings. The molecule has 40 heavy (non-hydrogen) atoms. The summed E-state index contributed by atoms with van der Waals surface area (Å²) in [7, 11) is 0. The number of ketones is 1. The van der Waals surface area contributed by atoms with Gasteiger partial charge in [0.2, 0.25) is 5.79 Å². The Bertz CT molecular complexity index is 1710. The van der Waals surface area contributed by atoms with Crippen LogP contribution in [0.5, 0.6) is 5.75 Å². The van der Waals surface area contributed by atoms with Crippen molar-refractivity contribution in [2.45, 2.75) is 53.9 Å². The molecule has 2 heterocycles. The number of oxime groups is 1. The number of ether oxygens (including phenoxy) is 3. The molecule has 5 rings (SSSR count). The number of rotatable bonds is 8. The quantitative estimate of drug-likeness (QED) is 0.108. The molecule has 0 saturated carbocycles. The Kier molecular flexibility index (Phi) is 7.10. The lowest BCUT2D eigenvalue weighted by atomic mass is 9.97. The van der Waals surface area contributed by atoms with Crippen molar-refractivity contribution in [2.24, 2.45) is 5.16 Å². The van der Waals surface area contributed by atoms with Crippen LogP contribution in [0.25, 0.3) is 21.8 Å². The maximum Gasteiger partial charge on any atom is 0.331 e. The summed E-state index contributed by atoms with van der Waals surface area (Å²) in [6.07, 6.45) is 1.56. The van der Waals surface area contributed by atoms with Crippen molar-refractivity contribution < 1.29 is 28.6 Å². The van der Waals surface area contributed by atoms with Gasteiger partial charge in [0.15, 0.2) is 11.5 Å². The summed E-state index contributed by atoms with van der Waals surface area (Å²) in [5, 5.41) is 5.90. The third-order valence-corrected chi connectivity index (χ3v) is 6.85. The van der Waals surface area contributed by atoms with Crippen LogP contribution < -0.4 is 4.74 Å². The van der Waals surface area contributed by atoms with Crippen LogP contribution in [-0.4, -0.2) is 34.4 Å².